The van der Waals surface area contributed by atoms with E-state index < -0.39 is 5.97 Å². The minimum absolute atomic E-state index is 0.0459. The number of likely N-dealkylation sites (tertiary alicyclic amines) is 1. The van der Waals surface area contributed by atoms with Gasteiger partial charge < -0.3 is 15.0 Å². The predicted octanol–water partition coefficient (Wildman–Crippen LogP) is 2.31. The van der Waals surface area contributed by atoms with Crippen molar-refractivity contribution in [2.45, 2.75) is 0 Å². The second kappa shape index (κ2) is 6.51. The maximum Gasteiger partial charge on any atom is 0.340 e. The van der Waals surface area contributed by atoms with Crippen molar-refractivity contribution in [3.63, 3.8) is 0 Å². The van der Waals surface area contributed by atoms with Gasteiger partial charge in [0, 0.05) is 13.1 Å². The zero-order valence-electron chi connectivity index (χ0n) is 12.3. The third-order valence-corrected chi connectivity index (χ3v) is 5.27. The zero-order valence-corrected chi connectivity index (χ0v) is 13.9. The van der Waals surface area contributed by atoms with Gasteiger partial charge in [-0.1, -0.05) is 6.07 Å². The van der Waals surface area contributed by atoms with Gasteiger partial charge in [-0.05, 0) is 22.9 Å². The minimum Gasteiger partial charge on any atom is -0.465 e. The van der Waals surface area contributed by atoms with E-state index in [1.165, 1.54) is 29.8 Å². The first-order chi connectivity index (χ1) is 11.1. The molecule has 2 aromatic heterocycles. The summed E-state index contributed by atoms with van der Waals surface area (Å²) in [6.07, 6.45) is 0. The molecule has 23 heavy (non-hydrogen) atoms. The lowest BCUT2D eigenvalue weighted by Crippen LogP contribution is -2.54. The van der Waals surface area contributed by atoms with Crippen molar-refractivity contribution in [2.24, 2.45) is 5.92 Å². The highest BCUT2D eigenvalue weighted by Crippen LogP contribution is 2.27. The van der Waals surface area contributed by atoms with Crippen LogP contribution in [-0.2, 0) is 9.53 Å². The Hall–Kier alpha value is -2.19. The van der Waals surface area contributed by atoms with Crippen LogP contribution in [0.4, 0.5) is 5.00 Å². The van der Waals surface area contributed by atoms with Crippen molar-refractivity contribution in [3.05, 3.63) is 39.4 Å². The van der Waals surface area contributed by atoms with E-state index in [1.807, 2.05) is 11.4 Å². The molecule has 3 rings (SSSR count). The molecule has 0 saturated carbocycles. The Morgan fingerprint density at radius 1 is 1.22 bits per heavy atom. The summed E-state index contributed by atoms with van der Waals surface area (Å²) in [6, 6.07) is 5.21. The fourth-order valence-electron chi connectivity index (χ4n) is 2.26. The first-order valence-corrected chi connectivity index (χ1v) is 8.65. The predicted molar refractivity (Wildman–Crippen MR) is 88.0 cm³/mol. The molecule has 0 unspecified atom stereocenters. The molecule has 2 aromatic rings. The first kappa shape index (κ1) is 15.7. The third kappa shape index (κ3) is 3.13. The minimum atomic E-state index is -0.482. The van der Waals surface area contributed by atoms with Gasteiger partial charge in [-0.3, -0.25) is 9.59 Å². The number of thiophene rings is 2. The summed E-state index contributed by atoms with van der Waals surface area (Å²) in [5, 5.41) is 6.79. The summed E-state index contributed by atoms with van der Waals surface area (Å²) in [7, 11) is 1.30. The molecule has 1 aliphatic heterocycles. The Kier molecular flexibility index (Phi) is 4.44. The van der Waals surface area contributed by atoms with Crippen molar-refractivity contribution >= 4 is 45.5 Å². The molecule has 0 aliphatic carbocycles. The van der Waals surface area contributed by atoms with Crippen LogP contribution in [0.3, 0.4) is 0 Å². The lowest BCUT2D eigenvalue weighted by Gasteiger charge is -2.37. The van der Waals surface area contributed by atoms with E-state index in [0.29, 0.717) is 28.5 Å². The van der Waals surface area contributed by atoms with Gasteiger partial charge in [-0.25, -0.2) is 4.79 Å². The summed E-state index contributed by atoms with van der Waals surface area (Å²) >= 11 is 2.66. The highest BCUT2D eigenvalue weighted by Gasteiger charge is 2.36. The number of anilines is 1. The second-order valence-corrected chi connectivity index (χ2v) is 6.89. The second-order valence-electron chi connectivity index (χ2n) is 5.03. The number of methoxy groups -OCH3 is 1. The van der Waals surface area contributed by atoms with Crippen molar-refractivity contribution in [1.82, 2.24) is 4.90 Å². The summed E-state index contributed by atoms with van der Waals surface area (Å²) in [4.78, 5) is 38.2. The maximum atomic E-state index is 12.2. The van der Waals surface area contributed by atoms with Crippen LogP contribution in [0.5, 0.6) is 0 Å². The van der Waals surface area contributed by atoms with E-state index in [0.717, 1.165) is 0 Å². The largest absolute Gasteiger partial charge is 0.465 e. The molecule has 0 bridgehead atoms. The standard InChI is InChI=1S/C15H14N2O4S2/c1-21-15(20)10-4-6-23-13(10)16-12(18)9-7-17(8-9)14(19)11-3-2-5-22-11/h2-6,9H,7-8H2,1H3,(H,16,18). The first-order valence-electron chi connectivity index (χ1n) is 6.89. The molecule has 1 saturated heterocycles. The lowest BCUT2D eigenvalue weighted by molar-refractivity contribution is -0.123. The number of hydrogen-bond donors (Lipinski definition) is 1. The fourth-order valence-corrected chi connectivity index (χ4v) is 3.73. The average molecular weight is 350 g/mol. The van der Waals surface area contributed by atoms with Crippen molar-refractivity contribution in [2.75, 3.05) is 25.5 Å². The number of amides is 2. The number of carbonyl (C=O) groups is 3. The smallest absolute Gasteiger partial charge is 0.340 e. The van der Waals surface area contributed by atoms with E-state index in [2.05, 4.69) is 10.1 Å². The number of ether oxygens (including phenoxy) is 1. The van der Waals surface area contributed by atoms with Crippen LogP contribution in [0.2, 0.25) is 0 Å². The zero-order chi connectivity index (χ0) is 16.4. The Morgan fingerprint density at radius 3 is 2.65 bits per heavy atom. The van der Waals surface area contributed by atoms with Gasteiger partial charge >= 0.3 is 5.97 Å². The summed E-state index contributed by atoms with van der Waals surface area (Å²) in [6.45, 7) is 0.781. The molecule has 1 aliphatic rings. The van der Waals surface area contributed by atoms with Crippen LogP contribution in [-0.4, -0.2) is 42.9 Å². The average Bonchev–Trinajstić information content (AvgIpc) is 3.16. The summed E-state index contributed by atoms with van der Waals surface area (Å²) in [5.41, 5.74) is 0.344. The van der Waals surface area contributed by atoms with Crippen LogP contribution < -0.4 is 5.32 Å². The van der Waals surface area contributed by atoms with Gasteiger partial charge in [0.15, 0.2) is 0 Å². The Balaban J connectivity index is 1.56. The van der Waals surface area contributed by atoms with Crippen LogP contribution in [0, 0.1) is 5.92 Å². The van der Waals surface area contributed by atoms with E-state index in [1.54, 1.807) is 22.4 Å². The number of rotatable bonds is 4. The van der Waals surface area contributed by atoms with Crippen LogP contribution in [0.25, 0.3) is 0 Å². The van der Waals surface area contributed by atoms with Crippen molar-refractivity contribution < 1.29 is 19.1 Å². The van der Waals surface area contributed by atoms with Crippen molar-refractivity contribution in [1.29, 1.82) is 0 Å². The normalized spacial score (nSPS) is 14.2. The Bertz CT molecular complexity index is 733. The van der Waals surface area contributed by atoms with Gasteiger partial charge in [0.05, 0.1) is 23.5 Å². The van der Waals surface area contributed by atoms with E-state index in [4.69, 9.17) is 0 Å². The molecule has 0 aromatic carbocycles. The topological polar surface area (TPSA) is 75.7 Å². The molecule has 120 valence electrons. The number of nitrogens with zero attached hydrogens (tertiary/aromatic N) is 1. The van der Waals surface area contributed by atoms with Crippen LogP contribution >= 0.6 is 22.7 Å². The lowest BCUT2D eigenvalue weighted by atomic mass is 9.99. The number of hydrogen-bond acceptors (Lipinski definition) is 6. The molecule has 6 nitrogen and oxygen atoms in total. The Morgan fingerprint density at radius 2 is 2.00 bits per heavy atom. The molecular weight excluding hydrogens is 336 g/mol. The molecule has 8 heteroatoms. The molecule has 1 fully saturated rings. The van der Waals surface area contributed by atoms with Gasteiger partial charge in [0.25, 0.3) is 5.91 Å². The number of esters is 1. The molecule has 0 spiro atoms. The monoisotopic (exact) mass is 350 g/mol. The molecular formula is C15H14N2O4S2. The molecule has 0 radical (unpaired) electrons. The molecule has 2 amide bonds. The molecule has 1 N–H and O–H groups in total. The molecule has 0 atom stereocenters. The number of nitrogens with one attached hydrogen (secondary N) is 1. The van der Waals surface area contributed by atoms with Crippen LogP contribution in [0.15, 0.2) is 29.0 Å². The van der Waals surface area contributed by atoms with Gasteiger partial charge in [-0.15, -0.1) is 22.7 Å². The highest BCUT2D eigenvalue weighted by atomic mass is 32.1. The summed E-state index contributed by atoms with van der Waals surface area (Å²) < 4.78 is 4.67. The van der Waals surface area contributed by atoms with Crippen LogP contribution in [0.1, 0.15) is 20.0 Å². The molecule has 3 heterocycles. The van der Waals surface area contributed by atoms with Gasteiger partial charge in [0.2, 0.25) is 5.91 Å². The third-order valence-electron chi connectivity index (χ3n) is 3.58. The van der Waals surface area contributed by atoms with E-state index in [9.17, 15) is 14.4 Å². The van der Waals surface area contributed by atoms with Crippen molar-refractivity contribution in [3.8, 4) is 0 Å². The highest BCUT2D eigenvalue weighted by molar-refractivity contribution is 7.14. The quantitative estimate of drug-likeness (QED) is 0.859. The maximum absolute atomic E-state index is 12.2. The Labute approximate surface area is 140 Å². The van der Waals surface area contributed by atoms with Gasteiger partial charge in [-0.2, -0.15) is 0 Å². The SMILES string of the molecule is COC(=O)c1ccsc1NC(=O)C1CN(C(=O)c2cccs2)C1. The fraction of sp³-hybridized carbons (Fsp3) is 0.267. The van der Waals surface area contributed by atoms with Gasteiger partial charge in [0.1, 0.15) is 5.00 Å². The summed E-state index contributed by atoms with van der Waals surface area (Å²) in [5.74, 6) is -0.973. The van der Waals surface area contributed by atoms with E-state index >= 15 is 0 Å². The van der Waals surface area contributed by atoms with E-state index in [-0.39, 0.29) is 17.7 Å². The number of carbonyl (C=O) groups excluding carboxylic acids is 3.